The summed E-state index contributed by atoms with van der Waals surface area (Å²) in [5.74, 6) is 1.93. The van der Waals surface area contributed by atoms with Crippen molar-refractivity contribution in [2.75, 3.05) is 36.0 Å². The Morgan fingerprint density at radius 1 is 0.921 bits per heavy atom. The molecule has 0 aromatic carbocycles. The van der Waals surface area contributed by atoms with Crippen molar-refractivity contribution in [1.29, 1.82) is 0 Å². The van der Waals surface area contributed by atoms with Crippen molar-refractivity contribution >= 4 is 24.0 Å². The minimum Gasteiger partial charge on any atom is -0.450 e. The predicted molar refractivity (Wildman–Crippen MR) is 141 cm³/mol. The molecule has 3 N–H and O–H groups in total. The lowest BCUT2D eigenvalue weighted by Crippen LogP contribution is -2.55. The average molecular weight is 532 g/mol. The quantitative estimate of drug-likeness (QED) is 0.523. The number of ether oxygens (including phenoxy) is 1. The monoisotopic (exact) mass is 531 g/mol. The third-order valence-electron chi connectivity index (χ3n) is 9.20. The second-order valence-electron chi connectivity index (χ2n) is 11.4. The number of aliphatic hydroxyl groups is 1. The Bertz CT molecular complexity index is 970. The van der Waals surface area contributed by atoms with E-state index >= 15 is 0 Å². The van der Waals surface area contributed by atoms with Gasteiger partial charge in [-0.05, 0) is 57.4 Å². The van der Waals surface area contributed by atoms with E-state index in [1.165, 1.54) is 19.3 Å². The Balaban J connectivity index is 0.000000689. The Kier molecular flexibility index (Phi) is 8.11. The fraction of sp³-hybridized carbons (Fsp3) is 0.778. The van der Waals surface area contributed by atoms with Gasteiger partial charge in [-0.15, -0.1) is 0 Å². The molecule has 11 heteroatoms. The number of fused-ring (bicyclic) bond motifs is 1. The van der Waals surface area contributed by atoms with Crippen LogP contribution in [0.5, 0.6) is 0 Å². The molecule has 0 radical (unpaired) electrons. The summed E-state index contributed by atoms with van der Waals surface area (Å²) in [5, 5.41) is 25.4. The molecule has 3 saturated heterocycles. The summed E-state index contributed by atoms with van der Waals surface area (Å²) in [4.78, 5) is 37.7. The molecule has 3 atom stereocenters. The molecule has 3 unspecified atom stereocenters. The van der Waals surface area contributed by atoms with E-state index in [1.807, 2.05) is 12.3 Å². The van der Waals surface area contributed by atoms with Crippen LogP contribution in [0.2, 0.25) is 0 Å². The van der Waals surface area contributed by atoms with Crippen molar-refractivity contribution in [2.24, 2.45) is 5.92 Å². The van der Waals surface area contributed by atoms with Crippen molar-refractivity contribution in [3.05, 3.63) is 12.3 Å². The Morgan fingerprint density at radius 2 is 1.61 bits per heavy atom. The van der Waals surface area contributed by atoms with Crippen LogP contribution in [-0.2, 0) is 4.74 Å². The normalized spacial score (nSPS) is 29.3. The molecule has 210 valence electrons. The van der Waals surface area contributed by atoms with Crippen LogP contribution in [0.25, 0.3) is 0 Å². The third-order valence-corrected chi connectivity index (χ3v) is 9.20. The van der Waals surface area contributed by atoms with Crippen LogP contribution in [0.1, 0.15) is 77.0 Å². The van der Waals surface area contributed by atoms with Gasteiger partial charge in [-0.2, -0.15) is 4.98 Å². The average Bonchev–Trinajstić information content (AvgIpc) is 3.57. The minimum absolute atomic E-state index is 0.0885. The van der Waals surface area contributed by atoms with E-state index in [2.05, 4.69) is 19.7 Å². The Labute approximate surface area is 223 Å². The highest BCUT2D eigenvalue weighted by atomic mass is 16.6. The molecule has 5 fully saturated rings. The van der Waals surface area contributed by atoms with Crippen LogP contribution in [-0.4, -0.2) is 92.4 Å². The summed E-state index contributed by atoms with van der Waals surface area (Å²) >= 11 is 0. The van der Waals surface area contributed by atoms with E-state index in [9.17, 15) is 9.90 Å². The van der Waals surface area contributed by atoms with Crippen LogP contribution in [0.4, 0.5) is 21.4 Å². The number of anilines is 2. The highest BCUT2D eigenvalue weighted by Crippen LogP contribution is 2.47. The Hall–Kier alpha value is -2.82. The van der Waals surface area contributed by atoms with Gasteiger partial charge in [0.25, 0.3) is 0 Å². The molecular formula is C27H41N5O6. The molecule has 2 saturated carbocycles. The first kappa shape index (κ1) is 26.8. The highest BCUT2D eigenvalue weighted by molar-refractivity contribution is 5.71. The molecule has 1 aromatic heterocycles. The number of amides is 1. The van der Waals surface area contributed by atoms with Gasteiger partial charge in [0.05, 0.1) is 11.6 Å². The third kappa shape index (κ3) is 5.62. The molecule has 0 bridgehead atoms. The number of hydrogen-bond acceptors (Lipinski definition) is 8. The zero-order valence-electron chi connectivity index (χ0n) is 22.1. The van der Waals surface area contributed by atoms with Gasteiger partial charge in [-0.3, -0.25) is 4.90 Å². The van der Waals surface area contributed by atoms with Gasteiger partial charge in [0.1, 0.15) is 11.9 Å². The largest absolute Gasteiger partial charge is 0.503 e. The van der Waals surface area contributed by atoms with Crippen molar-refractivity contribution in [3.8, 4) is 0 Å². The first-order valence-electron chi connectivity index (χ1n) is 14.3. The van der Waals surface area contributed by atoms with Gasteiger partial charge in [0, 0.05) is 44.3 Å². The molecule has 5 aliphatic rings. The molecule has 38 heavy (non-hydrogen) atoms. The van der Waals surface area contributed by atoms with Gasteiger partial charge in [0.2, 0.25) is 5.95 Å². The van der Waals surface area contributed by atoms with Gasteiger partial charge in [-0.25, -0.2) is 14.6 Å². The summed E-state index contributed by atoms with van der Waals surface area (Å²) in [6, 6.07) is 2.34. The maximum atomic E-state index is 13.1. The van der Waals surface area contributed by atoms with Crippen LogP contribution in [0.15, 0.2) is 12.3 Å². The van der Waals surface area contributed by atoms with E-state index in [0.717, 1.165) is 95.7 Å². The van der Waals surface area contributed by atoms with Crippen molar-refractivity contribution in [1.82, 2.24) is 14.9 Å². The zero-order chi connectivity index (χ0) is 26.7. The maximum absolute atomic E-state index is 13.1. The number of carbonyl (C=O) groups is 2. The fourth-order valence-electron chi connectivity index (χ4n) is 7.40. The Morgan fingerprint density at radius 3 is 2.29 bits per heavy atom. The molecule has 4 heterocycles. The van der Waals surface area contributed by atoms with Crippen LogP contribution < -0.4 is 9.80 Å². The van der Waals surface area contributed by atoms with E-state index < -0.39 is 11.8 Å². The fourth-order valence-corrected chi connectivity index (χ4v) is 7.40. The maximum Gasteiger partial charge on any atom is 0.503 e. The second kappa shape index (κ2) is 11.5. The summed E-state index contributed by atoms with van der Waals surface area (Å²) in [6.07, 6.45) is 12.2. The van der Waals surface area contributed by atoms with E-state index in [4.69, 9.17) is 24.7 Å². The summed E-state index contributed by atoms with van der Waals surface area (Å²) in [5.41, 5.74) is -0.651. The molecule has 6 rings (SSSR count). The van der Waals surface area contributed by atoms with Crippen LogP contribution >= 0.6 is 0 Å². The van der Waals surface area contributed by atoms with Gasteiger partial charge >= 0.3 is 12.2 Å². The topological polar surface area (TPSA) is 140 Å². The van der Waals surface area contributed by atoms with Crippen molar-refractivity contribution < 1.29 is 29.6 Å². The minimum atomic E-state index is -1.83. The number of aromatic nitrogens is 2. The summed E-state index contributed by atoms with van der Waals surface area (Å²) in [7, 11) is 0. The van der Waals surface area contributed by atoms with Crippen LogP contribution in [0.3, 0.4) is 0 Å². The number of rotatable bonds is 4. The molecule has 11 nitrogen and oxygen atoms in total. The molecule has 1 aromatic rings. The van der Waals surface area contributed by atoms with Gasteiger partial charge in [0.15, 0.2) is 0 Å². The lowest BCUT2D eigenvalue weighted by atomic mass is 9.67. The second-order valence-corrected chi connectivity index (χ2v) is 11.4. The molecule has 0 spiro atoms. The van der Waals surface area contributed by atoms with Crippen molar-refractivity contribution in [2.45, 2.75) is 101 Å². The first-order chi connectivity index (χ1) is 18.4. The molecule has 2 aliphatic carbocycles. The summed E-state index contributed by atoms with van der Waals surface area (Å²) in [6.45, 7) is 3.86. The standard InChI is InChI=1S/C26H39N5O3.CH2O3/c32-25-31(21-8-6-7-20(23(21)34-25)26(33)12-2-1-3-13-26)19-10-17-29(18-11-19)22-9-14-27-24(28-22)30-15-4-5-16-30;2-1(3)4/h9,14,19-21,23,33H,1-8,10-13,15-18H2;(H2,2,3,4). The van der Waals surface area contributed by atoms with Crippen LogP contribution in [0, 0.1) is 5.92 Å². The van der Waals surface area contributed by atoms with Gasteiger partial charge in [-0.1, -0.05) is 25.7 Å². The van der Waals surface area contributed by atoms with E-state index in [1.54, 1.807) is 0 Å². The molecular weight excluding hydrogens is 490 g/mol. The number of hydrogen-bond donors (Lipinski definition) is 3. The number of carbonyl (C=O) groups excluding carboxylic acids is 1. The number of piperidine rings is 1. The predicted octanol–water partition coefficient (Wildman–Crippen LogP) is 3.95. The zero-order valence-corrected chi connectivity index (χ0v) is 22.1. The molecule has 3 aliphatic heterocycles. The number of nitrogens with zero attached hydrogens (tertiary/aromatic N) is 5. The first-order valence-corrected chi connectivity index (χ1v) is 14.3. The summed E-state index contributed by atoms with van der Waals surface area (Å²) < 4.78 is 6.03. The SMILES string of the molecule is O=C(O)O.O=C1OC2C(CCCC2C2(O)CCCCC2)N1C1CCN(c2ccnc(N3CCCC3)n2)CC1. The number of carboxylic acid groups (broad SMARTS) is 2. The molecule has 1 amide bonds. The highest BCUT2D eigenvalue weighted by Gasteiger charge is 2.55. The van der Waals surface area contributed by atoms with E-state index in [-0.39, 0.29) is 30.2 Å². The smallest absolute Gasteiger partial charge is 0.450 e. The lowest BCUT2D eigenvalue weighted by molar-refractivity contribution is -0.106. The van der Waals surface area contributed by atoms with E-state index in [0.29, 0.717) is 0 Å². The van der Waals surface area contributed by atoms with Gasteiger partial charge < -0.3 is 29.9 Å². The lowest BCUT2D eigenvalue weighted by Gasteiger charge is -2.46. The van der Waals surface area contributed by atoms with Crippen molar-refractivity contribution in [3.63, 3.8) is 0 Å².